The molecule has 2 N–H and O–H groups in total. The molecule has 1 aliphatic heterocycles. The first-order chi connectivity index (χ1) is 9.32. The molecule has 1 saturated heterocycles. The van der Waals surface area contributed by atoms with E-state index >= 15 is 0 Å². The van der Waals surface area contributed by atoms with Crippen LogP contribution in [0.5, 0.6) is 0 Å². The van der Waals surface area contributed by atoms with Gasteiger partial charge in [0.15, 0.2) is 0 Å². The van der Waals surface area contributed by atoms with Gasteiger partial charge in [0.2, 0.25) is 0 Å². The summed E-state index contributed by atoms with van der Waals surface area (Å²) in [6.07, 6.45) is 3.34. The van der Waals surface area contributed by atoms with Gasteiger partial charge in [-0.15, -0.1) is 0 Å². The minimum atomic E-state index is -0.447. The van der Waals surface area contributed by atoms with Crippen LogP contribution < -0.4 is 5.73 Å². The first kappa shape index (κ1) is 17.2. The monoisotopic (exact) mass is 286 g/mol. The molecule has 1 fully saturated rings. The molecular formula is C15H30N2O3. The molecule has 0 saturated carbocycles. The number of amides is 1. The van der Waals surface area contributed by atoms with E-state index in [2.05, 4.69) is 0 Å². The van der Waals surface area contributed by atoms with Gasteiger partial charge in [-0.1, -0.05) is 0 Å². The smallest absolute Gasteiger partial charge is 0.410 e. The number of hydrogen-bond donors (Lipinski definition) is 1. The van der Waals surface area contributed by atoms with Crippen molar-refractivity contribution in [2.45, 2.75) is 64.6 Å². The molecule has 118 valence electrons. The van der Waals surface area contributed by atoms with E-state index in [0.29, 0.717) is 19.7 Å². The number of hydrogen-bond acceptors (Lipinski definition) is 4. The molecule has 0 radical (unpaired) electrons. The second-order valence-corrected chi connectivity index (χ2v) is 6.48. The normalized spacial score (nSPS) is 24.4. The van der Waals surface area contributed by atoms with E-state index in [9.17, 15) is 4.79 Å². The first-order valence-electron chi connectivity index (χ1n) is 7.64. The molecule has 5 nitrogen and oxygen atoms in total. The SMILES string of the molecule is CCOC1(CCN)CCCN(C(=O)OC(C)(C)C)CC1. The molecular weight excluding hydrogens is 256 g/mol. The average Bonchev–Trinajstić information content (AvgIpc) is 2.51. The highest BCUT2D eigenvalue weighted by Crippen LogP contribution is 2.30. The zero-order valence-corrected chi connectivity index (χ0v) is 13.4. The zero-order chi connectivity index (χ0) is 15.2. The molecule has 1 aliphatic rings. The van der Waals surface area contributed by atoms with E-state index in [4.69, 9.17) is 15.2 Å². The molecule has 0 bridgehead atoms. The second kappa shape index (κ2) is 7.27. The average molecular weight is 286 g/mol. The predicted octanol–water partition coefficient (Wildman–Crippen LogP) is 2.53. The highest BCUT2D eigenvalue weighted by Gasteiger charge is 2.34. The van der Waals surface area contributed by atoms with Crippen molar-refractivity contribution in [3.8, 4) is 0 Å². The van der Waals surface area contributed by atoms with Crippen molar-refractivity contribution in [3.05, 3.63) is 0 Å². The van der Waals surface area contributed by atoms with Gasteiger partial charge in [0, 0.05) is 19.7 Å². The summed E-state index contributed by atoms with van der Waals surface area (Å²) in [4.78, 5) is 13.9. The van der Waals surface area contributed by atoms with Crippen LogP contribution in [0.4, 0.5) is 4.79 Å². The van der Waals surface area contributed by atoms with Gasteiger partial charge in [-0.05, 0) is 59.9 Å². The van der Waals surface area contributed by atoms with Crippen LogP contribution in [0.1, 0.15) is 53.4 Å². The highest BCUT2D eigenvalue weighted by molar-refractivity contribution is 5.68. The topological polar surface area (TPSA) is 64.8 Å². The Labute approximate surface area is 122 Å². The van der Waals surface area contributed by atoms with Gasteiger partial charge in [0.1, 0.15) is 5.60 Å². The number of nitrogens with two attached hydrogens (primary N) is 1. The number of rotatable bonds is 4. The maximum absolute atomic E-state index is 12.1. The number of carbonyl (C=O) groups is 1. The van der Waals surface area contributed by atoms with Crippen molar-refractivity contribution in [1.82, 2.24) is 4.90 Å². The molecule has 1 rings (SSSR count). The van der Waals surface area contributed by atoms with Gasteiger partial charge in [0.25, 0.3) is 0 Å². The summed E-state index contributed by atoms with van der Waals surface area (Å²) in [7, 11) is 0. The van der Waals surface area contributed by atoms with Crippen LogP contribution in [-0.2, 0) is 9.47 Å². The number of carbonyl (C=O) groups excluding carboxylic acids is 1. The molecule has 1 atom stereocenters. The molecule has 0 aliphatic carbocycles. The maximum atomic E-state index is 12.1. The summed E-state index contributed by atoms with van der Waals surface area (Å²) in [5.74, 6) is 0. The van der Waals surface area contributed by atoms with Crippen molar-refractivity contribution in [3.63, 3.8) is 0 Å². The molecule has 1 unspecified atom stereocenters. The summed E-state index contributed by atoms with van der Waals surface area (Å²) < 4.78 is 11.4. The molecule has 0 aromatic heterocycles. The van der Waals surface area contributed by atoms with Crippen molar-refractivity contribution < 1.29 is 14.3 Å². The zero-order valence-electron chi connectivity index (χ0n) is 13.4. The summed E-state index contributed by atoms with van der Waals surface area (Å²) in [6.45, 7) is 10.4. The Kier molecular flexibility index (Phi) is 6.27. The van der Waals surface area contributed by atoms with Crippen LogP contribution in [0.15, 0.2) is 0 Å². The standard InChI is InChI=1S/C15H30N2O3/c1-5-19-15(8-10-16)7-6-11-17(12-9-15)13(18)20-14(2,3)4/h5-12,16H2,1-4H3. The van der Waals surface area contributed by atoms with Crippen LogP contribution in [0.25, 0.3) is 0 Å². The van der Waals surface area contributed by atoms with Crippen LogP contribution >= 0.6 is 0 Å². The van der Waals surface area contributed by atoms with Gasteiger partial charge in [-0.3, -0.25) is 0 Å². The molecule has 0 spiro atoms. The number of nitrogens with zero attached hydrogens (tertiary/aromatic N) is 1. The Bertz CT molecular complexity index is 307. The summed E-state index contributed by atoms with van der Waals surface area (Å²) >= 11 is 0. The van der Waals surface area contributed by atoms with Crippen LogP contribution in [0, 0.1) is 0 Å². The van der Waals surface area contributed by atoms with E-state index in [-0.39, 0.29) is 11.7 Å². The minimum Gasteiger partial charge on any atom is -0.444 e. The first-order valence-corrected chi connectivity index (χ1v) is 7.64. The fourth-order valence-corrected chi connectivity index (χ4v) is 2.71. The Morgan fingerprint density at radius 1 is 1.30 bits per heavy atom. The van der Waals surface area contributed by atoms with Gasteiger partial charge < -0.3 is 20.1 Å². The van der Waals surface area contributed by atoms with Gasteiger partial charge in [-0.2, -0.15) is 0 Å². The van der Waals surface area contributed by atoms with E-state index in [1.165, 1.54) is 0 Å². The lowest BCUT2D eigenvalue weighted by molar-refractivity contribution is -0.0539. The number of likely N-dealkylation sites (tertiary alicyclic amines) is 1. The highest BCUT2D eigenvalue weighted by atomic mass is 16.6. The van der Waals surface area contributed by atoms with Crippen molar-refractivity contribution >= 4 is 6.09 Å². The summed E-state index contributed by atoms with van der Waals surface area (Å²) in [5.41, 5.74) is 5.11. The molecule has 0 aromatic carbocycles. The summed E-state index contributed by atoms with van der Waals surface area (Å²) in [5, 5.41) is 0. The third-order valence-corrected chi connectivity index (χ3v) is 3.60. The lowest BCUT2D eigenvalue weighted by Gasteiger charge is -2.32. The molecule has 1 heterocycles. The maximum Gasteiger partial charge on any atom is 0.410 e. The number of ether oxygens (including phenoxy) is 2. The summed E-state index contributed by atoms with van der Waals surface area (Å²) in [6, 6.07) is 0. The minimum absolute atomic E-state index is 0.166. The predicted molar refractivity (Wildman–Crippen MR) is 79.7 cm³/mol. The second-order valence-electron chi connectivity index (χ2n) is 6.48. The third kappa shape index (κ3) is 5.29. The van der Waals surface area contributed by atoms with E-state index < -0.39 is 5.60 Å². The van der Waals surface area contributed by atoms with Crippen molar-refractivity contribution in [2.75, 3.05) is 26.2 Å². The Hall–Kier alpha value is -0.810. The lowest BCUT2D eigenvalue weighted by atomic mass is 9.91. The Balaban J connectivity index is 2.63. The van der Waals surface area contributed by atoms with Crippen molar-refractivity contribution in [2.24, 2.45) is 5.73 Å². The van der Waals surface area contributed by atoms with Gasteiger partial charge >= 0.3 is 6.09 Å². The quantitative estimate of drug-likeness (QED) is 0.862. The molecule has 20 heavy (non-hydrogen) atoms. The largest absolute Gasteiger partial charge is 0.444 e. The van der Waals surface area contributed by atoms with E-state index in [0.717, 1.165) is 32.2 Å². The van der Waals surface area contributed by atoms with E-state index in [1.807, 2.05) is 27.7 Å². The van der Waals surface area contributed by atoms with Crippen LogP contribution in [0.2, 0.25) is 0 Å². The molecule has 0 aromatic rings. The van der Waals surface area contributed by atoms with Crippen molar-refractivity contribution in [1.29, 1.82) is 0 Å². The fraction of sp³-hybridized carbons (Fsp3) is 0.933. The molecule has 5 heteroatoms. The van der Waals surface area contributed by atoms with Gasteiger partial charge in [-0.25, -0.2) is 4.79 Å². The Morgan fingerprint density at radius 3 is 2.55 bits per heavy atom. The fourth-order valence-electron chi connectivity index (χ4n) is 2.71. The lowest BCUT2D eigenvalue weighted by Crippen LogP contribution is -2.39. The van der Waals surface area contributed by atoms with Crippen LogP contribution in [-0.4, -0.2) is 48.4 Å². The Morgan fingerprint density at radius 2 is 2.00 bits per heavy atom. The van der Waals surface area contributed by atoms with E-state index in [1.54, 1.807) is 4.90 Å². The third-order valence-electron chi connectivity index (χ3n) is 3.60. The van der Waals surface area contributed by atoms with Gasteiger partial charge in [0.05, 0.1) is 5.60 Å². The molecule has 1 amide bonds. The van der Waals surface area contributed by atoms with Crippen LogP contribution in [0.3, 0.4) is 0 Å².